The third kappa shape index (κ3) is 18.4. The van der Waals surface area contributed by atoms with Gasteiger partial charge in [0.1, 0.15) is 6.29 Å². The van der Waals surface area contributed by atoms with Crippen molar-refractivity contribution in [1.82, 2.24) is 5.32 Å². The van der Waals surface area contributed by atoms with Gasteiger partial charge in [-0.05, 0) is 36.9 Å². The quantitative estimate of drug-likeness (QED) is 0.350. The van der Waals surface area contributed by atoms with Gasteiger partial charge < -0.3 is 40.4 Å². The maximum atomic E-state index is 11.3. The Hall–Kier alpha value is 0.0547. The summed E-state index contributed by atoms with van der Waals surface area (Å²) in [5.74, 6) is -1.16. The topological polar surface area (TPSA) is 140 Å². The minimum atomic E-state index is -0.335. The number of amides is 4. The molecule has 2 aromatic rings. The average Bonchev–Trinajstić information content (AvgIpc) is 2.89. The summed E-state index contributed by atoms with van der Waals surface area (Å²) in [7, 11) is 0. The van der Waals surface area contributed by atoms with E-state index in [1.54, 1.807) is 6.08 Å². The molecule has 2 fully saturated rings. The minimum Gasteiger partial charge on any atom is -0.650 e. The number of piperazine rings is 2. The molecule has 0 unspecified atom stereocenters. The van der Waals surface area contributed by atoms with Crippen molar-refractivity contribution in [3.8, 4) is 0 Å². The molecule has 9 nitrogen and oxygen atoms in total. The zero-order chi connectivity index (χ0) is 25.3. The minimum absolute atomic E-state index is 0. The van der Waals surface area contributed by atoms with E-state index >= 15 is 0 Å². The van der Waals surface area contributed by atoms with Gasteiger partial charge in [0.25, 0.3) is 0 Å². The molecule has 12 heteroatoms. The summed E-state index contributed by atoms with van der Waals surface area (Å²) in [5, 5.41) is 12.8. The van der Waals surface area contributed by atoms with Crippen LogP contribution in [0.15, 0.2) is 72.4 Å². The predicted molar refractivity (Wildman–Crippen MR) is 132 cm³/mol. The van der Waals surface area contributed by atoms with Crippen molar-refractivity contribution in [2.45, 2.75) is 25.7 Å². The molecule has 0 aromatic heterocycles. The first-order valence-electron chi connectivity index (χ1n) is 11.1. The molecule has 3 radical (unpaired) electrons. The second kappa shape index (κ2) is 24.8. The molecule has 38 heavy (non-hydrogen) atoms. The second-order valence-electron chi connectivity index (χ2n) is 7.42. The molecule has 2 saturated heterocycles. The van der Waals surface area contributed by atoms with Crippen LogP contribution in [0.2, 0.25) is 0 Å². The third-order valence-corrected chi connectivity index (χ3v) is 4.67. The molecule has 0 atom stereocenters. The number of allylic oxidation sites excluding steroid dienone is 1. The van der Waals surface area contributed by atoms with Crippen molar-refractivity contribution >= 4 is 29.9 Å². The number of aldehydes is 1. The SMILES string of the molecule is O=C1C[N-]C(=O)/C(=C\CCc2ccccc2)N1.O=C1C[N-]C(=O)C[N-]1.O=CCCc1ccccc1.[Ac].[Ac].[Ac]. The molecule has 2 aliphatic rings. The number of hydrogen-bond donors (Lipinski definition) is 1. The molecule has 193 valence electrons. The van der Waals surface area contributed by atoms with Gasteiger partial charge in [-0.3, -0.25) is 4.79 Å². The molecule has 1 N–H and O–H groups in total. The van der Waals surface area contributed by atoms with Crippen LogP contribution in [-0.2, 0) is 36.8 Å². The fraction of sp³-hybridized carbons (Fsp3) is 0.269. The summed E-state index contributed by atoms with van der Waals surface area (Å²) in [6.45, 7) is -0.174. The van der Waals surface area contributed by atoms with Gasteiger partial charge in [0.05, 0.1) is 11.6 Å². The van der Waals surface area contributed by atoms with Gasteiger partial charge in [0.15, 0.2) is 0 Å². The van der Waals surface area contributed by atoms with Crippen LogP contribution in [0.25, 0.3) is 16.0 Å². The van der Waals surface area contributed by atoms with Gasteiger partial charge in [-0.1, -0.05) is 79.8 Å². The summed E-state index contributed by atoms with van der Waals surface area (Å²) in [6, 6.07) is 20.0. The van der Waals surface area contributed by atoms with E-state index in [-0.39, 0.29) is 175 Å². The summed E-state index contributed by atoms with van der Waals surface area (Å²) in [5.41, 5.74) is 2.74. The van der Waals surface area contributed by atoms with Crippen LogP contribution in [0, 0.1) is 132 Å². The van der Waals surface area contributed by atoms with E-state index in [4.69, 9.17) is 0 Å². The molecule has 2 heterocycles. The van der Waals surface area contributed by atoms with E-state index in [1.807, 2.05) is 60.7 Å². The number of carbonyl (C=O) groups excluding carboxylic acids is 5. The molecule has 0 aliphatic carbocycles. The van der Waals surface area contributed by atoms with Crippen LogP contribution in [-0.4, -0.2) is 49.5 Å². The van der Waals surface area contributed by atoms with Crippen LogP contribution in [0.1, 0.15) is 24.0 Å². The van der Waals surface area contributed by atoms with Crippen molar-refractivity contribution in [3.63, 3.8) is 0 Å². The van der Waals surface area contributed by atoms with E-state index in [1.165, 1.54) is 11.1 Å². The fourth-order valence-corrected chi connectivity index (χ4v) is 2.92. The normalized spacial score (nSPS) is 14.5. The van der Waals surface area contributed by atoms with Gasteiger partial charge in [0, 0.05) is 150 Å². The van der Waals surface area contributed by atoms with E-state index in [0.717, 1.165) is 19.1 Å². The van der Waals surface area contributed by atoms with E-state index in [9.17, 15) is 24.0 Å². The van der Waals surface area contributed by atoms with Gasteiger partial charge in [0.2, 0.25) is 5.91 Å². The Labute approximate surface area is 330 Å². The number of carbonyl (C=O) groups is 5. The number of benzene rings is 2. The Bertz CT molecular complexity index is 1010. The van der Waals surface area contributed by atoms with Crippen molar-refractivity contribution < 1.29 is 156 Å². The van der Waals surface area contributed by atoms with Crippen molar-refractivity contribution in [2.75, 3.05) is 19.6 Å². The van der Waals surface area contributed by atoms with Crippen LogP contribution in [0.3, 0.4) is 0 Å². The Morgan fingerprint density at radius 1 is 0.658 bits per heavy atom. The van der Waals surface area contributed by atoms with Crippen molar-refractivity contribution in [2.24, 2.45) is 0 Å². The van der Waals surface area contributed by atoms with E-state index in [0.29, 0.717) is 18.5 Å². The Kier molecular flexibility index (Phi) is 26.3. The van der Waals surface area contributed by atoms with Gasteiger partial charge in [-0.2, -0.15) is 0 Å². The Balaban J connectivity index is 0. The van der Waals surface area contributed by atoms with Crippen molar-refractivity contribution in [1.29, 1.82) is 0 Å². The van der Waals surface area contributed by atoms with Crippen LogP contribution >= 0.6 is 0 Å². The number of rotatable bonds is 6. The first-order valence-corrected chi connectivity index (χ1v) is 11.1. The molecule has 2 aliphatic heterocycles. The van der Waals surface area contributed by atoms with Crippen LogP contribution in [0.4, 0.5) is 0 Å². The van der Waals surface area contributed by atoms with Crippen LogP contribution in [0.5, 0.6) is 0 Å². The molecule has 2 aromatic carbocycles. The largest absolute Gasteiger partial charge is 0.650 e. The predicted octanol–water partition coefficient (Wildman–Crippen LogP) is 3.15. The van der Waals surface area contributed by atoms with E-state index < -0.39 is 0 Å². The molecular weight excluding hydrogens is 1130 g/mol. The maximum Gasteiger partial charge on any atom is 0.206 e. The standard InChI is InChI=1S/C13H14N2O2.C9H10O.C4H6N2O2.3Ac/c16-12-9-14-13(17)11(15-12)8-4-7-10-5-2-1-3-6-10;10-8-4-7-9-5-2-1-3-6-9;7-3-1-5-4(8)2-6-3;;;/h1-3,5-6,8H,4,7,9H2,(H2,14,15,16,17);1-3,5-6,8H,4,7H2;1-2H2,(H2,5,6,7,8);;;/p-3/b11-8+;;;;;. The number of nitrogens with zero attached hydrogens (tertiary/aromatic N) is 3. The number of nitrogens with one attached hydrogen (secondary N) is 1. The summed E-state index contributed by atoms with van der Waals surface area (Å²) in [4.78, 5) is 52.8. The van der Waals surface area contributed by atoms with Gasteiger partial charge in [-0.15, -0.1) is 0 Å². The zero-order valence-corrected chi connectivity index (χ0v) is 35.2. The van der Waals surface area contributed by atoms with Crippen LogP contribution < -0.4 is 5.32 Å². The number of hydrogen-bond acceptors (Lipinski definition) is 5. The molecule has 0 saturated carbocycles. The summed E-state index contributed by atoms with van der Waals surface area (Å²) >= 11 is 0. The second-order valence-corrected chi connectivity index (χ2v) is 7.42. The maximum absolute atomic E-state index is 11.3. The van der Waals surface area contributed by atoms with Crippen molar-refractivity contribution in [3.05, 3.63) is 99.5 Å². The average molecular weight is 1160 g/mol. The monoisotopic (exact) mass is 1160 g/mol. The zero-order valence-electron chi connectivity index (χ0n) is 21.0. The van der Waals surface area contributed by atoms with E-state index in [2.05, 4.69) is 21.3 Å². The molecule has 0 bridgehead atoms. The first kappa shape index (κ1) is 40.2. The summed E-state index contributed by atoms with van der Waals surface area (Å²) in [6.07, 6.45) is 5.73. The van der Waals surface area contributed by atoms with Gasteiger partial charge in [-0.25, -0.2) is 0 Å². The molecular formula is C26H27Ac3N4O5-3. The third-order valence-electron chi connectivity index (χ3n) is 4.67. The van der Waals surface area contributed by atoms with Gasteiger partial charge >= 0.3 is 0 Å². The number of aryl methyl sites for hydroxylation is 2. The first-order chi connectivity index (χ1) is 17.0. The fourth-order valence-electron chi connectivity index (χ4n) is 2.92. The smallest absolute Gasteiger partial charge is 0.206 e. The summed E-state index contributed by atoms with van der Waals surface area (Å²) < 4.78 is 0. The Morgan fingerprint density at radius 3 is 1.58 bits per heavy atom. The Morgan fingerprint density at radius 2 is 1.13 bits per heavy atom. The molecule has 0 spiro atoms. The molecule has 4 amide bonds. The molecule has 4 rings (SSSR count).